The molecular weight excluding hydrogens is 767 g/mol. The van der Waals surface area contributed by atoms with Crippen molar-refractivity contribution < 1.29 is 28.5 Å². The van der Waals surface area contributed by atoms with Crippen LogP contribution in [0.5, 0.6) is 5.75 Å². The number of fused-ring (bicyclic) bond motifs is 3. The predicted molar refractivity (Wildman–Crippen MR) is 233 cm³/mol. The zero-order valence-corrected chi connectivity index (χ0v) is 37.8. The minimum absolute atomic E-state index is 0.0538. The molecule has 2 aromatic heterocycles. The molecule has 6 aliphatic rings. The van der Waals surface area contributed by atoms with Gasteiger partial charge in [-0.05, 0) is 108 Å². The summed E-state index contributed by atoms with van der Waals surface area (Å²) in [5, 5.41) is 8.64. The van der Waals surface area contributed by atoms with E-state index in [2.05, 4.69) is 69.5 Å². The molecule has 5 fully saturated rings. The van der Waals surface area contributed by atoms with Crippen LogP contribution in [0.4, 0.5) is 0 Å². The lowest BCUT2D eigenvalue weighted by Crippen LogP contribution is -2.69. The van der Waals surface area contributed by atoms with E-state index in [4.69, 9.17) is 33.8 Å². The van der Waals surface area contributed by atoms with E-state index in [9.17, 15) is 0 Å². The van der Waals surface area contributed by atoms with Crippen LogP contribution in [0.25, 0.3) is 11.4 Å². The number of aromatic nitrogens is 4. The maximum absolute atomic E-state index is 15.0. The van der Waals surface area contributed by atoms with E-state index in [1.807, 2.05) is 48.8 Å². The molecule has 9 rings (SSSR count). The van der Waals surface area contributed by atoms with Gasteiger partial charge in [0.05, 0.1) is 64.2 Å². The van der Waals surface area contributed by atoms with Crippen molar-refractivity contribution in [2.75, 3.05) is 46.7 Å². The minimum atomic E-state index is -0.314. The molecule has 1 N–H and O–H groups in total. The van der Waals surface area contributed by atoms with Gasteiger partial charge in [0, 0.05) is 35.3 Å². The average Bonchev–Trinajstić information content (AvgIpc) is 3.76. The zero-order valence-electron chi connectivity index (χ0n) is 37.8. The molecule has 330 valence electrons. The standard InChI is InChI=1S/C50H69N5O6/c1-32(2)33(3)46(4)19-20-48(6)38-13-14-41-47(5)29-59-30-50(41,39(38)15-18-49(48,7)42(46)45(56)61-26-34-9-11-37(57-8)12-10-34)25-40(43(47)60-28-36-27-58-24-23-52-36)55-44(53-31-54-55)35-16-21-51-22-17-35/h9-12,15-17,21-22,31-33,36,38,40-43,52H,13-14,18-20,23-30H2,1-8H3/t33-,36?,38+,40-,41+,42-,43+,46-,47?,48-,49+,50+/m1/s1. The number of ether oxygens (including phenoxy) is 5. The fourth-order valence-corrected chi connectivity index (χ4v) is 14.2. The number of methoxy groups -OCH3 is 1. The first-order valence-corrected chi connectivity index (χ1v) is 23.1. The van der Waals surface area contributed by atoms with E-state index in [1.54, 1.807) is 19.0 Å². The summed E-state index contributed by atoms with van der Waals surface area (Å²) < 4.78 is 34.0. The summed E-state index contributed by atoms with van der Waals surface area (Å²) in [4.78, 5) is 24.2. The van der Waals surface area contributed by atoms with Gasteiger partial charge in [-0.15, -0.1) is 0 Å². The third kappa shape index (κ3) is 6.81. The number of nitrogens with zero attached hydrogens (tertiary/aromatic N) is 4. The average molecular weight is 836 g/mol. The Morgan fingerprint density at radius 3 is 2.49 bits per heavy atom. The smallest absolute Gasteiger partial charge is 0.310 e. The van der Waals surface area contributed by atoms with Crippen LogP contribution in [0.2, 0.25) is 0 Å². The molecule has 2 saturated heterocycles. The SMILES string of the molecule is COc1ccc(COC(=O)[C@@H]2[C@@](C)([C@H](C)C(C)C)CC[C@]3(C)[C@H]4CC[C@H]5C6(C)COC[C@@]5(C[C@@H](n5ncnc5-c5ccncc5)[C@@H]6OCC5COCCN5)C4=CC[C@@]23C)cc1. The van der Waals surface area contributed by atoms with E-state index in [0.29, 0.717) is 50.1 Å². The normalized spacial score (nSPS) is 38.7. The molecule has 3 aromatic rings. The van der Waals surface area contributed by atoms with Crippen LogP contribution in [0.15, 0.2) is 66.8 Å². The molecule has 11 nitrogen and oxygen atoms in total. The lowest BCUT2D eigenvalue weighted by atomic mass is 9.34. The Labute approximate surface area is 363 Å². The highest BCUT2D eigenvalue weighted by Gasteiger charge is 2.72. The van der Waals surface area contributed by atoms with Gasteiger partial charge in [-0.1, -0.05) is 72.2 Å². The highest BCUT2D eigenvalue weighted by atomic mass is 16.5. The molecule has 4 aliphatic carbocycles. The number of benzene rings is 1. The summed E-state index contributed by atoms with van der Waals surface area (Å²) in [5.41, 5.74) is 2.36. The van der Waals surface area contributed by atoms with Crippen molar-refractivity contribution in [3.8, 4) is 17.1 Å². The number of carbonyl (C=O) groups excluding carboxylic acids is 1. The highest BCUT2D eigenvalue weighted by Crippen LogP contribution is 2.75. The zero-order chi connectivity index (χ0) is 42.8. The van der Waals surface area contributed by atoms with Crippen LogP contribution >= 0.6 is 0 Å². The van der Waals surface area contributed by atoms with Crippen LogP contribution in [-0.4, -0.2) is 84.6 Å². The minimum Gasteiger partial charge on any atom is -0.497 e. The number of nitrogens with one attached hydrogen (secondary N) is 1. The number of carbonyl (C=O) groups is 1. The lowest BCUT2D eigenvalue weighted by molar-refractivity contribution is -0.252. The number of morpholine rings is 1. The van der Waals surface area contributed by atoms with Crippen LogP contribution in [0.1, 0.15) is 98.6 Å². The topological polar surface area (TPSA) is 119 Å². The Morgan fingerprint density at radius 2 is 1.77 bits per heavy atom. The van der Waals surface area contributed by atoms with Gasteiger partial charge in [-0.25, -0.2) is 9.67 Å². The molecular formula is C50H69N5O6. The fourth-order valence-electron chi connectivity index (χ4n) is 14.2. The Hall–Kier alpha value is -3.64. The van der Waals surface area contributed by atoms with Gasteiger partial charge >= 0.3 is 5.97 Å². The maximum Gasteiger partial charge on any atom is 0.310 e. The van der Waals surface area contributed by atoms with Crippen LogP contribution < -0.4 is 10.1 Å². The summed E-state index contributed by atoms with van der Waals surface area (Å²) in [6.45, 7) is 21.1. The Morgan fingerprint density at radius 1 is 0.984 bits per heavy atom. The molecule has 3 saturated carbocycles. The quantitative estimate of drug-likeness (QED) is 0.149. The molecule has 0 radical (unpaired) electrons. The largest absolute Gasteiger partial charge is 0.497 e. The van der Waals surface area contributed by atoms with Crippen molar-refractivity contribution in [2.45, 2.75) is 112 Å². The van der Waals surface area contributed by atoms with Crippen molar-refractivity contribution in [3.05, 3.63) is 72.3 Å². The predicted octanol–water partition coefficient (Wildman–Crippen LogP) is 8.51. The number of allylic oxidation sites excluding steroid dienone is 1. The van der Waals surface area contributed by atoms with Gasteiger partial charge in [0.2, 0.25) is 0 Å². The maximum atomic E-state index is 15.0. The van der Waals surface area contributed by atoms with E-state index in [1.165, 1.54) is 0 Å². The molecule has 12 atom stereocenters. The van der Waals surface area contributed by atoms with Gasteiger partial charge in [0.1, 0.15) is 18.7 Å². The molecule has 2 unspecified atom stereocenters. The molecule has 0 amide bonds. The number of hydrogen-bond acceptors (Lipinski definition) is 10. The third-order valence-corrected chi connectivity index (χ3v) is 17.9. The summed E-state index contributed by atoms with van der Waals surface area (Å²) >= 11 is 0. The molecule has 2 bridgehead atoms. The molecule has 11 heteroatoms. The first-order chi connectivity index (χ1) is 29.3. The summed E-state index contributed by atoms with van der Waals surface area (Å²) in [7, 11) is 1.67. The van der Waals surface area contributed by atoms with E-state index < -0.39 is 0 Å². The third-order valence-electron chi connectivity index (χ3n) is 17.9. The van der Waals surface area contributed by atoms with Crippen LogP contribution in [-0.2, 0) is 30.3 Å². The van der Waals surface area contributed by atoms with Crippen molar-refractivity contribution in [1.82, 2.24) is 25.1 Å². The number of hydrogen-bond donors (Lipinski definition) is 1. The van der Waals surface area contributed by atoms with Crippen molar-refractivity contribution >= 4 is 5.97 Å². The van der Waals surface area contributed by atoms with Gasteiger partial charge < -0.3 is 29.0 Å². The number of pyridine rings is 1. The summed E-state index contributed by atoms with van der Waals surface area (Å²) in [6, 6.07) is 12.0. The highest BCUT2D eigenvalue weighted by molar-refractivity contribution is 5.75. The Bertz CT molecular complexity index is 2070. The molecule has 2 aliphatic heterocycles. The Balaban J connectivity index is 1.11. The fraction of sp³-hybridized carbons (Fsp3) is 0.680. The lowest BCUT2D eigenvalue weighted by Gasteiger charge is -2.71. The van der Waals surface area contributed by atoms with E-state index in [-0.39, 0.29) is 63.8 Å². The molecule has 1 aromatic carbocycles. The van der Waals surface area contributed by atoms with E-state index in [0.717, 1.165) is 74.4 Å². The van der Waals surface area contributed by atoms with E-state index >= 15 is 4.79 Å². The van der Waals surface area contributed by atoms with Crippen LogP contribution in [0, 0.1) is 56.7 Å². The van der Waals surface area contributed by atoms with Gasteiger partial charge in [0.15, 0.2) is 5.82 Å². The Kier molecular flexibility index (Phi) is 11.3. The van der Waals surface area contributed by atoms with Gasteiger partial charge in [-0.2, -0.15) is 5.10 Å². The van der Waals surface area contributed by atoms with Crippen LogP contribution in [0.3, 0.4) is 0 Å². The molecule has 61 heavy (non-hydrogen) atoms. The van der Waals surface area contributed by atoms with Gasteiger partial charge in [-0.3, -0.25) is 9.78 Å². The second-order valence-electron chi connectivity index (χ2n) is 21.0. The van der Waals surface area contributed by atoms with Crippen molar-refractivity contribution in [2.24, 2.45) is 56.7 Å². The first-order valence-electron chi connectivity index (χ1n) is 23.1. The van der Waals surface area contributed by atoms with Crippen molar-refractivity contribution in [1.29, 1.82) is 0 Å². The molecule has 4 heterocycles. The van der Waals surface area contributed by atoms with Gasteiger partial charge in [0.25, 0.3) is 0 Å². The number of esters is 1. The summed E-state index contributed by atoms with van der Waals surface area (Å²) in [6.07, 6.45) is 13.7. The monoisotopic (exact) mass is 836 g/mol. The second-order valence-corrected chi connectivity index (χ2v) is 21.0. The second kappa shape index (κ2) is 16.2. The summed E-state index contributed by atoms with van der Waals surface area (Å²) in [5.74, 6) is 2.76. The van der Waals surface area contributed by atoms with Crippen molar-refractivity contribution in [3.63, 3.8) is 0 Å². The molecule has 0 spiro atoms. The first kappa shape index (κ1) is 42.7. The number of rotatable bonds is 11.